The molecule has 0 fully saturated rings. The fraction of sp³-hybridized carbons (Fsp3) is 0.417. The van der Waals surface area contributed by atoms with Crippen LogP contribution in [0.1, 0.15) is 22.3 Å². The molecule has 1 aromatic rings. The number of benzene rings is 1. The molecule has 0 aliphatic carbocycles. The van der Waals surface area contributed by atoms with E-state index in [1.54, 1.807) is 0 Å². The Morgan fingerprint density at radius 1 is 1.37 bits per heavy atom. The van der Waals surface area contributed by atoms with Gasteiger partial charge in [-0.25, -0.2) is 4.79 Å². The number of methoxy groups -OCH3 is 1. The lowest BCUT2D eigenvalue weighted by Crippen LogP contribution is -2.11. The number of rotatable bonds is 6. The fourth-order valence-corrected chi connectivity index (χ4v) is 1.37. The van der Waals surface area contributed by atoms with Crippen LogP contribution in [0, 0.1) is 0 Å². The Morgan fingerprint density at radius 2 is 2.05 bits per heavy atom. The molecule has 19 heavy (non-hydrogen) atoms. The number of alkyl halides is 3. The van der Waals surface area contributed by atoms with Crippen LogP contribution in [-0.2, 0) is 11.3 Å². The maximum absolute atomic E-state index is 11.9. The van der Waals surface area contributed by atoms with Crippen molar-refractivity contribution in [2.75, 3.05) is 13.7 Å². The van der Waals surface area contributed by atoms with E-state index in [0.29, 0.717) is 5.56 Å². The van der Waals surface area contributed by atoms with Gasteiger partial charge in [0.15, 0.2) is 0 Å². The van der Waals surface area contributed by atoms with E-state index in [0.717, 1.165) is 0 Å². The van der Waals surface area contributed by atoms with Crippen LogP contribution in [0.15, 0.2) is 18.2 Å². The second-order valence-corrected chi connectivity index (χ2v) is 3.75. The van der Waals surface area contributed by atoms with Crippen molar-refractivity contribution < 1.29 is 32.5 Å². The standard InChI is InChI=1S/C12H13F3O4/c1-18-10-6-8(11(16)17)2-3-9(10)7-19-5-4-12(13,14)15/h2-3,6H,4-5,7H2,1H3,(H,16,17). The van der Waals surface area contributed by atoms with Crippen molar-refractivity contribution in [1.29, 1.82) is 0 Å². The minimum atomic E-state index is -4.25. The SMILES string of the molecule is COc1cc(C(=O)O)ccc1COCCC(F)(F)F. The molecule has 7 heteroatoms. The Balaban J connectivity index is 2.61. The molecule has 0 unspecified atom stereocenters. The second-order valence-electron chi connectivity index (χ2n) is 3.75. The van der Waals surface area contributed by atoms with Crippen LogP contribution >= 0.6 is 0 Å². The highest BCUT2D eigenvalue weighted by Gasteiger charge is 2.26. The predicted molar refractivity (Wildman–Crippen MR) is 60.3 cm³/mol. The highest BCUT2D eigenvalue weighted by Crippen LogP contribution is 2.23. The van der Waals surface area contributed by atoms with Crippen LogP contribution in [-0.4, -0.2) is 31.0 Å². The quantitative estimate of drug-likeness (QED) is 0.813. The van der Waals surface area contributed by atoms with E-state index in [1.807, 2.05) is 0 Å². The largest absolute Gasteiger partial charge is 0.496 e. The molecule has 0 aliphatic heterocycles. The average molecular weight is 278 g/mol. The molecule has 1 N–H and O–H groups in total. The first-order valence-electron chi connectivity index (χ1n) is 5.38. The van der Waals surface area contributed by atoms with Gasteiger partial charge in [-0.15, -0.1) is 0 Å². The number of aromatic carboxylic acids is 1. The Morgan fingerprint density at radius 3 is 2.58 bits per heavy atom. The minimum absolute atomic E-state index is 0.0379. The number of carboxylic acid groups (broad SMARTS) is 1. The summed E-state index contributed by atoms with van der Waals surface area (Å²) in [5.41, 5.74) is 0.533. The van der Waals surface area contributed by atoms with Crippen LogP contribution in [0.3, 0.4) is 0 Å². The molecule has 0 atom stereocenters. The number of carboxylic acids is 1. The minimum Gasteiger partial charge on any atom is -0.496 e. The maximum atomic E-state index is 11.9. The Kier molecular flexibility index (Phi) is 5.17. The first-order valence-corrected chi connectivity index (χ1v) is 5.38. The van der Waals surface area contributed by atoms with Gasteiger partial charge >= 0.3 is 12.1 Å². The Labute approximate surface area is 107 Å². The molecule has 0 amide bonds. The van der Waals surface area contributed by atoms with Gasteiger partial charge in [-0.05, 0) is 12.1 Å². The van der Waals surface area contributed by atoms with E-state index in [9.17, 15) is 18.0 Å². The lowest BCUT2D eigenvalue weighted by atomic mass is 10.1. The molecule has 0 saturated heterocycles. The van der Waals surface area contributed by atoms with Crippen LogP contribution in [0.2, 0.25) is 0 Å². The Bertz CT molecular complexity index is 443. The smallest absolute Gasteiger partial charge is 0.391 e. The zero-order valence-electron chi connectivity index (χ0n) is 10.2. The predicted octanol–water partition coefficient (Wildman–Crippen LogP) is 2.86. The maximum Gasteiger partial charge on any atom is 0.391 e. The fourth-order valence-electron chi connectivity index (χ4n) is 1.37. The van der Waals surface area contributed by atoms with E-state index in [-0.39, 0.29) is 17.9 Å². The van der Waals surface area contributed by atoms with Crippen LogP contribution in [0.25, 0.3) is 0 Å². The van der Waals surface area contributed by atoms with Gasteiger partial charge in [0.1, 0.15) is 5.75 Å². The molecule has 4 nitrogen and oxygen atoms in total. The van der Waals surface area contributed by atoms with Gasteiger partial charge < -0.3 is 14.6 Å². The first-order chi connectivity index (χ1) is 8.83. The third-order valence-electron chi connectivity index (χ3n) is 2.32. The van der Waals surface area contributed by atoms with Gasteiger partial charge in [0.25, 0.3) is 0 Å². The van der Waals surface area contributed by atoms with Crippen molar-refractivity contribution in [2.45, 2.75) is 19.2 Å². The molecular weight excluding hydrogens is 265 g/mol. The number of hydrogen-bond acceptors (Lipinski definition) is 3. The number of hydrogen-bond donors (Lipinski definition) is 1. The van der Waals surface area contributed by atoms with E-state index in [1.165, 1.54) is 25.3 Å². The lowest BCUT2D eigenvalue weighted by molar-refractivity contribution is -0.146. The number of carbonyl (C=O) groups is 1. The number of halogens is 3. The van der Waals surface area contributed by atoms with Crippen LogP contribution in [0.4, 0.5) is 13.2 Å². The van der Waals surface area contributed by atoms with Crippen molar-refractivity contribution >= 4 is 5.97 Å². The van der Waals surface area contributed by atoms with Crippen LogP contribution in [0.5, 0.6) is 5.75 Å². The third kappa shape index (κ3) is 5.17. The molecule has 0 heterocycles. The molecule has 0 bridgehead atoms. The van der Waals surface area contributed by atoms with E-state index in [4.69, 9.17) is 14.6 Å². The summed E-state index contributed by atoms with van der Waals surface area (Å²) in [6.07, 6.45) is -5.28. The number of ether oxygens (including phenoxy) is 2. The summed E-state index contributed by atoms with van der Waals surface area (Å²) in [4.78, 5) is 10.7. The molecular formula is C12H13F3O4. The van der Waals surface area contributed by atoms with Crippen LogP contribution < -0.4 is 4.74 Å². The lowest BCUT2D eigenvalue weighted by Gasteiger charge is -2.11. The molecule has 1 aromatic carbocycles. The summed E-state index contributed by atoms with van der Waals surface area (Å²) in [5.74, 6) is -0.838. The van der Waals surface area contributed by atoms with E-state index < -0.39 is 25.2 Å². The highest BCUT2D eigenvalue weighted by molar-refractivity contribution is 5.88. The van der Waals surface area contributed by atoms with Gasteiger partial charge in [0.2, 0.25) is 0 Å². The summed E-state index contributed by atoms with van der Waals surface area (Å²) in [6.45, 7) is -0.521. The van der Waals surface area contributed by atoms with Gasteiger partial charge in [-0.3, -0.25) is 0 Å². The van der Waals surface area contributed by atoms with Gasteiger partial charge in [-0.1, -0.05) is 6.07 Å². The zero-order chi connectivity index (χ0) is 14.5. The normalized spacial score (nSPS) is 11.4. The van der Waals surface area contributed by atoms with Crippen molar-refractivity contribution in [3.63, 3.8) is 0 Å². The summed E-state index contributed by atoms with van der Waals surface area (Å²) in [7, 11) is 1.35. The van der Waals surface area contributed by atoms with Crippen molar-refractivity contribution in [3.8, 4) is 5.75 Å². The van der Waals surface area contributed by atoms with Gasteiger partial charge in [-0.2, -0.15) is 13.2 Å². The van der Waals surface area contributed by atoms with E-state index in [2.05, 4.69) is 0 Å². The average Bonchev–Trinajstić information content (AvgIpc) is 2.33. The molecule has 0 saturated carbocycles. The summed E-state index contributed by atoms with van der Waals surface area (Å²) < 4.78 is 45.6. The summed E-state index contributed by atoms with van der Waals surface area (Å²) in [5, 5.41) is 8.79. The highest BCUT2D eigenvalue weighted by atomic mass is 19.4. The topological polar surface area (TPSA) is 55.8 Å². The van der Waals surface area contributed by atoms with Crippen molar-refractivity contribution in [3.05, 3.63) is 29.3 Å². The molecule has 0 radical (unpaired) electrons. The van der Waals surface area contributed by atoms with E-state index >= 15 is 0 Å². The Hall–Kier alpha value is -1.76. The summed E-state index contributed by atoms with van der Waals surface area (Å²) >= 11 is 0. The molecule has 0 aliphatic rings. The van der Waals surface area contributed by atoms with Crippen molar-refractivity contribution in [2.24, 2.45) is 0 Å². The summed E-state index contributed by atoms with van der Waals surface area (Å²) in [6, 6.07) is 4.09. The van der Waals surface area contributed by atoms with Gasteiger partial charge in [0.05, 0.1) is 32.3 Å². The third-order valence-corrected chi connectivity index (χ3v) is 2.32. The zero-order valence-corrected chi connectivity index (χ0v) is 10.2. The second kappa shape index (κ2) is 6.42. The van der Waals surface area contributed by atoms with Crippen molar-refractivity contribution in [1.82, 2.24) is 0 Å². The molecule has 0 aromatic heterocycles. The molecule has 1 rings (SSSR count). The van der Waals surface area contributed by atoms with Gasteiger partial charge in [0, 0.05) is 5.56 Å². The first kappa shape index (κ1) is 15.3. The molecule has 0 spiro atoms. The molecule has 106 valence electrons. The monoisotopic (exact) mass is 278 g/mol.